The van der Waals surface area contributed by atoms with Gasteiger partial charge in [-0.15, -0.1) is 0 Å². The van der Waals surface area contributed by atoms with Gasteiger partial charge in [0.25, 0.3) is 0 Å². The van der Waals surface area contributed by atoms with Gasteiger partial charge in [0.05, 0.1) is 18.4 Å². The van der Waals surface area contributed by atoms with Crippen molar-refractivity contribution in [1.29, 1.82) is 0 Å². The van der Waals surface area contributed by atoms with Crippen LogP contribution in [0, 0.1) is 11.8 Å². The van der Waals surface area contributed by atoms with Crippen LogP contribution in [0.1, 0.15) is 53.4 Å². The molecule has 0 rings (SSSR count). The molecule has 7 heteroatoms. The average Bonchev–Trinajstić information content (AvgIpc) is 2.70. The summed E-state index contributed by atoms with van der Waals surface area (Å²) in [6.07, 6.45) is 8.03. The Hall–Kier alpha value is -2.22. The fraction of sp³-hybridized carbons (Fsp3) is 0.583. The van der Waals surface area contributed by atoms with Crippen molar-refractivity contribution in [2.75, 3.05) is 26.4 Å². The summed E-state index contributed by atoms with van der Waals surface area (Å²) in [4.78, 5) is 24.3. The van der Waals surface area contributed by atoms with Gasteiger partial charge in [0.2, 0.25) is 0 Å². The van der Waals surface area contributed by atoms with Crippen LogP contribution < -0.4 is 0 Å². The Balaban J connectivity index is 5.49. The molecule has 0 aromatic carbocycles. The molecule has 2 atom stereocenters. The first-order chi connectivity index (χ1) is 14.6. The zero-order valence-electron chi connectivity index (χ0n) is 19.1. The summed E-state index contributed by atoms with van der Waals surface area (Å²) in [5.41, 5.74) is 3.12. The first-order valence-electron chi connectivity index (χ1n) is 10.5. The lowest BCUT2D eigenvalue weighted by molar-refractivity contribution is -0.145. The lowest BCUT2D eigenvalue weighted by Crippen LogP contribution is -2.19. The van der Waals surface area contributed by atoms with E-state index in [4.69, 9.17) is 9.84 Å². The molecule has 0 bridgehead atoms. The van der Waals surface area contributed by atoms with E-state index in [1.54, 1.807) is 6.08 Å². The highest BCUT2D eigenvalue weighted by molar-refractivity contribution is 5.75. The summed E-state index contributed by atoms with van der Waals surface area (Å²) in [5, 5.41) is 37.4. The van der Waals surface area contributed by atoms with Crippen LogP contribution in [-0.2, 0) is 14.3 Å². The van der Waals surface area contributed by atoms with Crippen LogP contribution in [0.4, 0.5) is 0 Å². The Bertz CT molecular complexity index is 678. The van der Waals surface area contributed by atoms with E-state index >= 15 is 0 Å². The number of aliphatic hydroxyl groups excluding tert-OH is 3. The van der Waals surface area contributed by atoms with E-state index in [2.05, 4.69) is 0 Å². The molecule has 0 aliphatic carbocycles. The third kappa shape index (κ3) is 13.6. The van der Waals surface area contributed by atoms with Gasteiger partial charge in [-0.3, -0.25) is 9.59 Å². The molecular formula is C24H38O7. The van der Waals surface area contributed by atoms with Gasteiger partial charge in [-0.25, -0.2) is 0 Å². The molecule has 0 heterocycles. The third-order valence-electron chi connectivity index (χ3n) is 4.52. The Morgan fingerprint density at radius 2 is 1.29 bits per heavy atom. The Kier molecular flexibility index (Phi) is 15.3. The van der Waals surface area contributed by atoms with Gasteiger partial charge in [-0.1, -0.05) is 35.5 Å². The second-order valence-corrected chi connectivity index (χ2v) is 7.95. The van der Waals surface area contributed by atoms with E-state index < -0.39 is 23.8 Å². The fourth-order valence-corrected chi connectivity index (χ4v) is 2.74. The highest BCUT2D eigenvalue weighted by Crippen LogP contribution is 2.18. The standard InChI is InChI=1S/C24H38O7/c1-17(2)5-7-21(23(28)29)14-20(10-12-26)16-31-24(30)22(8-6-18(3)4)13-19(15-27)9-11-25/h5-6,13-14,21-22,25-27H,7-12,15-16H2,1-4H3,(H,28,29). The quantitative estimate of drug-likeness (QED) is 0.229. The summed E-state index contributed by atoms with van der Waals surface area (Å²) >= 11 is 0. The topological polar surface area (TPSA) is 124 Å². The first-order valence-corrected chi connectivity index (χ1v) is 10.5. The van der Waals surface area contributed by atoms with Gasteiger partial charge in [-0.05, 0) is 64.5 Å². The molecule has 0 aromatic rings. The number of ether oxygens (including phenoxy) is 1. The summed E-state index contributed by atoms with van der Waals surface area (Å²) in [6, 6.07) is 0. The van der Waals surface area contributed by atoms with Crippen molar-refractivity contribution in [1.82, 2.24) is 0 Å². The van der Waals surface area contributed by atoms with E-state index in [0.717, 1.165) is 11.1 Å². The maximum absolute atomic E-state index is 12.7. The van der Waals surface area contributed by atoms with E-state index in [9.17, 15) is 24.9 Å². The molecule has 0 fully saturated rings. The number of esters is 1. The van der Waals surface area contributed by atoms with Crippen LogP contribution in [0.2, 0.25) is 0 Å². The SMILES string of the molecule is CC(C)=CCC(C=C(CCO)COC(=O)C(C=C(CO)CCO)CC=C(C)C)C(=O)O. The summed E-state index contributed by atoms with van der Waals surface area (Å²) in [5.74, 6) is -2.91. The lowest BCUT2D eigenvalue weighted by Gasteiger charge is -2.15. The predicted octanol–water partition coefficient (Wildman–Crippen LogP) is 3.17. The van der Waals surface area contributed by atoms with Gasteiger partial charge >= 0.3 is 11.9 Å². The number of allylic oxidation sites excluding steroid dienone is 4. The average molecular weight is 439 g/mol. The van der Waals surface area contributed by atoms with Crippen LogP contribution in [0.25, 0.3) is 0 Å². The van der Waals surface area contributed by atoms with E-state index in [1.807, 2.05) is 39.8 Å². The Labute approximate surface area is 185 Å². The smallest absolute Gasteiger partial charge is 0.313 e. The highest BCUT2D eigenvalue weighted by Gasteiger charge is 2.19. The van der Waals surface area contributed by atoms with Crippen LogP contribution in [-0.4, -0.2) is 58.8 Å². The van der Waals surface area contributed by atoms with Crippen molar-refractivity contribution < 1.29 is 34.8 Å². The summed E-state index contributed by atoms with van der Waals surface area (Å²) < 4.78 is 5.44. The van der Waals surface area contributed by atoms with Crippen LogP contribution in [0.15, 0.2) is 46.6 Å². The monoisotopic (exact) mass is 438 g/mol. The fourth-order valence-electron chi connectivity index (χ4n) is 2.74. The molecular weight excluding hydrogens is 400 g/mol. The highest BCUT2D eigenvalue weighted by atomic mass is 16.5. The molecule has 2 unspecified atom stereocenters. The Morgan fingerprint density at radius 3 is 1.74 bits per heavy atom. The molecule has 7 nitrogen and oxygen atoms in total. The van der Waals surface area contributed by atoms with Gasteiger partial charge in [-0.2, -0.15) is 0 Å². The molecule has 0 radical (unpaired) electrons. The molecule has 0 aromatic heterocycles. The second-order valence-electron chi connectivity index (χ2n) is 7.95. The molecule has 0 aliphatic heterocycles. The van der Waals surface area contributed by atoms with E-state index in [1.165, 1.54) is 6.08 Å². The van der Waals surface area contributed by atoms with Crippen molar-refractivity contribution in [2.24, 2.45) is 11.8 Å². The molecule has 31 heavy (non-hydrogen) atoms. The minimum absolute atomic E-state index is 0.119. The molecule has 176 valence electrons. The molecule has 0 saturated heterocycles. The number of hydrogen-bond donors (Lipinski definition) is 4. The van der Waals surface area contributed by atoms with Crippen molar-refractivity contribution in [3.05, 3.63) is 46.6 Å². The number of carboxylic acid groups (broad SMARTS) is 1. The molecule has 0 amide bonds. The molecule has 4 N–H and O–H groups in total. The number of carbonyl (C=O) groups is 2. The maximum Gasteiger partial charge on any atom is 0.313 e. The van der Waals surface area contributed by atoms with Crippen LogP contribution >= 0.6 is 0 Å². The van der Waals surface area contributed by atoms with Crippen LogP contribution in [0.3, 0.4) is 0 Å². The van der Waals surface area contributed by atoms with E-state index in [-0.39, 0.29) is 39.3 Å². The first kappa shape index (κ1) is 28.8. The number of carbonyl (C=O) groups excluding carboxylic acids is 1. The number of rotatable bonds is 15. The van der Waals surface area contributed by atoms with Gasteiger partial charge in [0.1, 0.15) is 6.61 Å². The van der Waals surface area contributed by atoms with E-state index in [0.29, 0.717) is 24.0 Å². The third-order valence-corrected chi connectivity index (χ3v) is 4.52. The van der Waals surface area contributed by atoms with Crippen molar-refractivity contribution in [3.8, 4) is 0 Å². The zero-order valence-corrected chi connectivity index (χ0v) is 19.1. The summed E-state index contributed by atoms with van der Waals surface area (Å²) in [6.45, 7) is 6.88. The van der Waals surface area contributed by atoms with Gasteiger partial charge in [0.15, 0.2) is 0 Å². The maximum atomic E-state index is 12.7. The number of carboxylic acids is 1. The largest absolute Gasteiger partial charge is 0.481 e. The van der Waals surface area contributed by atoms with Crippen molar-refractivity contribution >= 4 is 11.9 Å². The normalized spacial score (nSPS) is 13.9. The summed E-state index contributed by atoms with van der Waals surface area (Å²) in [7, 11) is 0. The zero-order chi connectivity index (χ0) is 23.8. The molecule has 0 saturated carbocycles. The minimum Gasteiger partial charge on any atom is -0.481 e. The van der Waals surface area contributed by atoms with Crippen molar-refractivity contribution in [3.63, 3.8) is 0 Å². The lowest BCUT2D eigenvalue weighted by atomic mass is 9.98. The number of aliphatic carboxylic acids is 1. The van der Waals surface area contributed by atoms with Gasteiger partial charge in [0, 0.05) is 13.2 Å². The van der Waals surface area contributed by atoms with Crippen LogP contribution in [0.5, 0.6) is 0 Å². The molecule has 0 spiro atoms. The Morgan fingerprint density at radius 1 is 0.806 bits per heavy atom. The second kappa shape index (κ2) is 16.5. The minimum atomic E-state index is -0.986. The van der Waals surface area contributed by atoms with Crippen molar-refractivity contribution in [2.45, 2.75) is 53.4 Å². The number of aliphatic hydroxyl groups is 3. The van der Waals surface area contributed by atoms with Gasteiger partial charge < -0.3 is 25.2 Å². The number of hydrogen-bond acceptors (Lipinski definition) is 6. The molecule has 0 aliphatic rings. The predicted molar refractivity (Wildman–Crippen MR) is 120 cm³/mol.